The van der Waals surface area contributed by atoms with Crippen LogP contribution in [0.3, 0.4) is 0 Å². The van der Waals surface area contributed by atoms with Crippen LogP contribution in [0.25, 0.3) is 0 Å². The van der Waals surface area contributed by atoms with E-state index in [-0.39, 0.29) is 6.10 Å². The highest BCUT2D eigenvalue weighted by molar-refractivity contribution is 5.49. The predicted octanol–water partition coefficient (Wildman–Crippen LogP) is 8.01. The summed E-state index contributed by atoms with van der Waals surface area (Å²) in [5, 5.41) is 10.3. The van der Waals surface area contributed by atoms with Gasteiger partial charge in [0.2, 0.25) is 0 Å². The Balaban J connectivity index is 1.53. The van der Waals surface area contributed by atoms with Crippen LogP contribution in [0.5, 0.6) is 0 Å². The van der Waals surface area contributed by atoms with E-state index in [1.165, 1.54) is 51.4 Å². The standard InChI is InChI=1S/C29H46O/c1-7-21(19(2)3)9-8-20(4)25-12-13-26-24-11-10-22-18-23(30)14-16-28(22,5)27(24)15-17-29(25,26)6/h7,13,19-20,22-23,25,30H,8-12,14-18H2,1-6H3. The quantitative estimate of drug-likeness (QED) is 0.455. The lowest BCUT2D eigenvalue weighted by atomic mass is 9.51. The Morgan fingerprint density at radius 2 is 1.90 bits per heavy atom. The molecular weight excluding hydrogens is 364 g/mol. The van der Waals surface area contributed by atoms with Gasteiger partial charge < -0.3 is 5.11 Å². The predicted molar refractivity (Wildman–Crippen MR) is 128 cm³/mol. The van der Waals surface area contributed by atoms with Gasteiger partial charge in [-0.25, -0.2) is 0 Å². The maximum absolute atomic E-state index is 10.3. The smallest absolute Gasteiger partial charge is 0.0543 e. The highest BCUT2D eigenvalue weighted by Gasteiger charge is 2.52. The summed E-state index contributed by atoms with van der Waals surface area (Å²) in [6.45, 7) is 14.6. The first-order chi connectivity index (χ1) is 14.2. The van der Waals surface area contributed by atoms with E-state index in [2.05, 4.69) is 53.7 Å². The molecule has 4 aliphatic rings. The summed E-state index contributed by atoms with van der Waals surface area (Å²) in [6, 6.07) is 0. The van der Waals surface area contributed by atoms with Crippen molar-refractivity contribution in [3.8, 4) is 0 Å². The largest absolute Gasteiger partial charge is 0.393 e. The number of rotatable bonds is 5. The highest BCUT2D eigenvalue weighted by atomic mass is 16.3. The fraction of sp³-hybridized carbons (Fsp3) is 0.793. The van der Waals surface area contributed by atoms with Gasteiger partial charge in [-0.3, -0.25) is 0 Å². The molecule has 4 rings (SSSR count). The van der Waals surface area contributed by atoms with Crippen LogP contribution in [0.15, 0.2) is 34.4 Å². The SMILES string of the molecule is CC=C(CCC(C)C1CC=C2C3=C(CCC21C)C1(C)CCC(O)CC1CC3)C(C)C. The summed E-state index contributed by atoms with van der Waals surface area (Å²) >= 11 is 0. The van der Waals surface area contributed by atoms with Crippen LogP contribution in [0.2, 0.25) is 0 Å². The van der Waals surface area contributed by atoms with Gasteiger partial charge in [0.15, 0.2) is 0 Å². The number of aliphatic hydroxyl groups is 1. The molecule has 6 unspecified atom stereocenters. The van der Waals surface area contributed by atoms with Gasteiger partial charge in [-0.05, 0) is 117 Å². The fourth-order valence-corrected chi connectivity index (χ4v) is 8.09. The number of fused-ring (bicyclic) bond motifs is 4. The first-order valence-electron chi connectivity index (χ1n) is 13.0. The topological polar surface area (TPSA) is 20.2 Å². The van der Waals surface area contributed by atoms with Gasteiger partial charge in [-0.2, -0.15) is 0 Å². The van der Waals surface area contributed by atoms with Crippen molar-refractivity contribution in [1.82, 2.24) is 0 Å². The first kappa shape index (κ1) is 22.4. The van der Waals surface area contributed by atoms with Gasteiger partial charge >= 0.3 is 0 Å². The third-order valence-electron chi connectivity index (χ3n) is 10.2. The van der Waals surface area contributed by atoms with E-state index in [1.807, 2.05) is 0 Å². The van der Waals surface area contributed by atoms with Crippen molar-refractivity contribution in [2.24, 2.45) is 34.5 Å². The highest BCUT2D eigenvalue weighted by Crippen LogP contribution is 2.64. The molecule has 0 heterocycles. The molecule has 1 heteroatoms. The molecule has 6 atom stereocenters. The second-order valence-corrected chi connectivity index (χ2v) is 12.0. The second-order valence-electron chi connectivity index (χ2n) is 12.0. The molecule has 0 aromatic rings. The molecule has 0 amide bonds. The van der Waals surface area contributed by atoms with E-state index in [0.29, 0.717) is 22.7 Å². The van der Waals surface area contributed by atoms with Crippen LogP contribution in [-0.4, -0.2) is 11.2 Å². The summed E-state index contributed by atoms with van der Waals surface area (Å²) in [7, 11) is 0. The molecule has 0 aromatic heterocycles. The van der Waals surface area contributed by atoms with Gasteiger partial charge in [-0.1, -0.05) is 57.9 Å². The van der Waals surface area contributed by atoms with Crippen LogP contribution in [0.1, 0.15) is 106 Å². The summed E-state index contributed by atoms with van der Waals surface area (Å²) in [5.41, 5.74) is 7.71. The van der Waals surface area contributed by atoms with Gasteiger partial charge in [0, 0.05) is 0 Å². The van der Waals surface area contributed by atoms with Crippen molar-refractivity contribution in [2.45, 2.75) is 112 Å². The zero-order chi connectivity index (χ0) is 21.7. The van der Waals surface area contributed by atoms with Crippen molar-refractivity contribution in [2.75, 3.05) is 0 Å². The van der Waals surface area contributed by atoms with Gasteiger partial charge in [-0.15, -0.1) is 0 Å². The third-order valence-corrected chi connectivity index (χ3v) is 10.2. The molecule has 1 saturated carbocycles. The first-order valence-corrected chi connectivity index (χ1v) is 13.0. The van der Waals surface area contributed by atoms with Crippen LogP contribution in [-0.2, 0) is 0 Å². The van der Waals surface area contributed by atoms with Crippen LogP contribution < -0.4 is 0 Å². The minimum absolute atomic E-state index is 0.0529. The van der Waals surface area contributed by atoms with Crippen LogP contribution in [0, 0.1) is 34.5 Å². The van der Waals surface area contributed by atoms with E-state index >= 15 is 0 Å². The number of aliphatic hydroxyl groups excluding tert-OH is 1. The summed E-state index contributed by atoms with van der Waals surface area (Å²) in [4.78, 5) is 0. The Labute approximate surface area is 186 Å². The summed E-state index contributed by atoms with van der Waals surface area (Å²) < 4.78 is 0. The zero-order valence-electron chi connectivity index (χ0n) is 20.6. The van der Waals surface area contributed by atoms with E-state index in [9.17, 15) is 5.11 Å². The number of allylic oxidation sites excluding steroid dienone is 6. The third kappa shape index (κ3) is 3.58. The van der Waals surface area contributed by atoms with E-state index in [1.54, 1.807) is 22.3 Å². The number of hydrogen-bond donors (Lipinski definition) is 1. The molecule has 0 bridgehead atoms. The zero-order valence-corrected chi connectivity index (χ0v) is 20.6. The van der Waals surface area contributed by atoms with Crippen molar-refractivity contribution in [1.29, 1.82) is 0 Å². The molecule has 1 nitrogen and oxygen atoms in total. The van der Waals surface area contributed by atoms with E-state index in [4.69, 9.17) is 0 Å². The van der Waals surface area contributed by atoms with Gasteiger partial charge in [0.25, 0.3) is 0 Å². The Morgan fingerprint density at radius 3 is 2.60 bits per heavy atom. The lowest BCUT2D eigenvalue weighted by Crippen LogP contribution is -2.44. The Kier molecular flexibility index (Phi) is 6.17. The Morgan fingerprint density at radius 1 is 1.13 bits per heavy atom. The maximum Gasteiger partial charge on any atom is 0.0543 e. The van der Waals surface area contributed by atoms with Crippen molar-refractivity contribution >= 4 is 0 Å². The molecule has 0 saturated heterocycles. The monoisotopic (exact) mass is 410 g/mol. The van der Waals surface area contributed by atoms with Gasteiger partial charge in [0.1, 0.15) is 0 Å². The van der Waals surface area contributed by atoms with Gasteiger partial charge in [0.05, 0.1) is 6.10 Å². The molecule has 0 aromatic carbocycles. The molecule has 1 fully saturated rings. The molecule has 0 aliphatic heterocycles. The normalized spacial score (nSPS) is 40.1. The van der Waals surface area contributed by atoms with E-state index < -0.39 is 0 Å². The van der Waals surface area contributed by atoms with Crippen LogP contribution in [0.4, 0.5) is 0 Å². The van der Waals surface area contributed by atoms with Crippen molar-refractivity contribution in [3.63, 3.8) is 0 Å². The second kappa shape index (κ2) is 8.27. The Bertz CT molecular complexity index is 752. The minimum atomic E-state index is -0.0529. The fourth-order valence-electron chi connectivity index (χ4n) is 8.09. The molecule has 0 radical (unpaired) electrons. The average Bonchev–Trinajstić information content (AvgIpc) is 3.06. The van der Waals surface area contributed by atoms with Crippen molar-refractivity contribution in [3.05, 3.63) is 34.4 Å². The average molecular weight is 411 g/mol. The summed E-state index contributed by atoms with van der Waals surface area (Å²) in [5.74, 6) is 2.99. The minimum Gasteiger partial charge on any atom is -0.393 e. The Hall–Kier alpha value is -0.820. The van der Waals surface area contributed by atoms with E-state index in [0.717, 1.165) is 24.7 Å². The molecule has 30 heavy (non-hydrogen) atoms. The molecule has 4 aliphatic carbocycles. The lowest BCUT2D eigenvalue weighted by Gasteiger charge is -2.54. The molecular formula is C29H46O. The molecule has 0 spiro atoms. The lowest BCUT2D eigenvalue weighted by molar-refractivity contribution is 0.0225. The van der Waals surface area contributed by atoms with Crippen molar-refractivity contribution < 1.29 is 5.11 Å². The maximum atomic E-state index is 10.3. The summed E-state index contributed by atoms with van der Waals surface area (Å²) in [6.07, 6.45) is 17.3. The van der Waals surface area contributed by atoms with Crippen LogP contribution >= 0.6 is 0 Å². The molecule has 1 N–H and O–H groups in total. The number of hydrogen-bond acceptors (Lipinski definition) is 1. The molecule has 168 valence electrons.